The fourth-order valence-electron chi connectivity index (χ4n) is 1.06. The maximum Gasteiger partial charge on any atom is 0.105 e. The van der Waals surface area contributed by atoms with Gasteiger partial charge >= 0.3 is 0 Å². The van der Waals surface area contributed by atoms with Crippen molar-refractivity contribution < 1.29 is 0 Å². The maximum atomic E-state index is 5.93. The Hall–Kier alpha value is -1.28. The highest BCUT2D eigenvalue weighted by Gasteiger charge is 2.02. The second-order valence-corrected chi connectivity index (χ2v) is 2.82. The number of nitrogens with one attached hydrogen (secondary N) is 1. The van der Waals surface area contributed by atoms with Crippen molar-refractivity contribution in [3.8, 4) is 11.4 Å². The summed E-state index contributed by atoms with van der Waals surface area (Å²) in [6.07, 6.45) is 3.57. The van der Waals surface area contributed by atoms with E-state index in [-0.39, 0.29) is 0 Å². The fraction of sp³-hybridized carbons (Fsp3) is 0. The van der Waals surface area contributed by atoms with Gasteiger partial charge in [-0.05, 0) is 24.3 Å². The monoisotopic (exact) mass is 178 g/mol. The van der Waals surface area contributed by atoms with E-state index in [1.807, 2.05) is 30.5 Å². The predicted molar refractivity (Wildman–Crippen MR) is 49.0 cm³/mol. The molecule has 3 heteroatoms. The molecule has 2 aromatic rings. The van der Waals surface area contributed by atoms with Crippen molar-refractivity contribution in [3.05, 3.63) is 41.7 Å². The Kier molecular flexibility index (Phi) is 1.84. The summed E-state index contributed by atoms with van der Waals surface area (Å²) in [4.78, 5) is 7.20. The van der Waals surface area contributed by atoms with Gasteiger partial charge in [-0.2, -0.15) is 0 Å². The summed E-state index contributed by atoms with van der Waals surface area (Å²) < 4.78 is 0. The first-order chi connectivity index (χ1) is 5.88. The van der Waals surface area contributed by atoms with Crippen LogP contribution in [0.5, 0.6) is 0 Å². The van der Waals surface area contributed by atoms with Gasteiger partial charge in [-0.25, -0.2) is 0 Å². The largest absolute Gasteiger partial charge is 0.360 e. The Morgan fingerprint density at radius 1 is 1.25 bits per heavy atom. The first kappa shape index (κ1) is 7.37. The Morgan fingerprint density at radius 3 is 2.83 bits per heavy atom. The minimum absolute atomic E-state index is 0.667. The van der Waals surface area contributed by atoms with Gasteiger partial charge in [-0.1, -0.05) is 11.6 Å². The van der Waals surface area contributed by atoms with E-state index in [0.29, 0.717) is 5.02 Å². The zero-order valence-electron chi connectivity index (χ0n) is 6.29. The SMILES string of the molecule is Clc1cccnc1-c1ccc[nH]1. The molecule has 0 radical (unpaired) electrons. The van der Waals surface area contributed by atoms with Crippen molar-refractivity contribution in [2.24, 2.45) is 0 Å². The number of pyridine rings is 1. The van der Waals surface area contributed by atoms with Crippen LogP contribution in [0.3, 0.4) is 0 Å². The fourth-order valence-corrected chi connectivity index (χ4v) is 1.28. The van der Waals surface area contributed by atoms with Crippen molar-refractivity contribution in [1.82, 2.24) is 9.97 Å². The summed E-state index contributed by atoms with van der Waals surface area (Å²) in [5, 5.41) is 0.667. The minimum Gasteiger partial charge on any atom is -0.360 e. The van der Waals surface area contributed by atoms with Crippen molar-refractivity contribution in [2.45, 2.75) is 0 Å². The maximum absolute atomic E-state index is 5.93. The van der Waals surface area contributed by atoms with E-state index in [0.717, 1.165) is 11.4 Å². The summed E-state index contributed by atoms with van der Waals surface area (Å²) in [5.41, 5.74) is 1.74. The Morgan fingerprint density at radius 2 is 2.17 bits per heavy atom. The smallest absolute Gasteiger partial charge is 0.105 e. The molecule has 0 aliphatic carbocycles. The van der Waals surface area contributed by atoms with Crippen molar-refractivity contribution in [1.29, 1.82) is 0 Å². The molecule has 0 atom stereocenters. The van der Waals surface area contributed by atoms with Crippen molar-refractivity contribution in [3.63, 3.8) is 0 Å². The number of aromatic amines is 1. The number of aromatic nitrogens is 2. The van der Waals surface area contributed by atoms with Crippen LogP contribution in [-0.4, -0.2) is 9.97 Å². The lowest BCUT2D eigenvalue weighted by Crippen LogP contribution is -1.82. The van der Waals surface area contributed by atoms with Gasteiger partial charge in [0.05, 0.1) is 10.7 Å². The minimum atomic E-state index is 0.667. The molecule has 2 aromatic heterocycles. The molecule has 0 aromatic carbocycles. The summed E-state index contributed by atoms with van der Waals surface area (Å²) in [5.74, 6) is 0. The molecule has 0 saturated carbocycles. The lowest BCUT2D eigenvalue weighted by molar-refractivity contribution is 1.28. The van der Waals surface area contributed by atoms with Gasteiger partial charge < -0.3 is 4.98 Å². The van der Waals surface area contributed by atoms with Crippen LogP contribution in [0.4, 0.5) is 0 Å². The average Bonchev–Trinajstić information content (AvgIpc) is 2.57. The highest BCUT2D eigenvalue weighted by Crippen LogP contribution is 2.22. The molecule has 0 aliphatic heterocycles. The molecule has 2 heterocycles. The van der Waals surface area contributed by atoms with E-state index in [2.05, 4.69) is 9.97 Å². The van der Waals surface area contributed by atoms with E-state index in [9.17, 15) is 0 Å². The van der Waals surface area contributed by atoms with Crippen LogP contribution in [0.1, 0.15) is 0 Å². The summed E-state index contributed by atoms with van der Waals surface area (Å²) in [7, 11) is 0. The highest BCUT2D eigenvalue weighted by molar-refractivity contribution is 6.32. The molecule has 0 bridgehead atoms. The van der Waals surface area contributed by atoms with Gasteiger partial charge in [0, 0.05) is 12.4 Å². The third-order valence-corrected chi connectivity index (χ3v) is 1.92. The first-order valence-electron chi connectivity index (χ1n) is 3.62. The van der Waals surface area contributed by atoms with E-state index < -0.39 is 0 Å². The lowest BCUT2D eigenvalue weighted by Gasteiger charge is -1.98. The Bertz CT molecular complexity index is 368. The second-order valence-electron chi connectivity index (χ2n) is 2.42. The average molecular weight is 179 g/mol. The third kappa shape index (κ3) is 1.21. The number of rotatable bonds is 1. The molecule has 2 nitrogen and oxygen atoms in total. The molecule has 12 heavy (non-hydrogen) atoms. The Balaban J connectivity index is 2.55. The van der Waals surface area contributed by atoms with Crippen LogP contribution >= 0.6 is 11.6 Å². The number of H-pyrrole nitrogens is 1. The van der Waals surface area contributed by atoms with Crippen LogP contribution in [0.15, 0.2) is 36.7 Å². The summed E-state index contributed by atoms with van der Waals surface area (Å²) in [6, 6.07) is 7.49. The topological polar surface area (TPSA) is 28.7 Å². The van der Waals surface area contributed by atoms with Crippen LogP contribution in [0.2, 0.25) is 5.02 Å². The van der Waals surface area contributed by atoms with Crippen LogP contribution in [0.25, 0.3) is 11.4 Å². The summed E-state index contributed by atoms with van der Waals surface area (Å²) >= 11 is 5.93. The van der Waals surface area contributed by atoms with Gasteiger partial charge in [0.25, 0.3) is 0 Å². The van der Waals surface area contributed by atoms with Gasteiger partial charge in [0.15, 0.2) is 0 Å². The molecular weight excluding hydrogens is 172 g/mol. The molecular formula is C9H7ClN2. The van der Waals surface area contributed by atoms with Crippen molar-refractivity contribution in [2.75, 3.05) is 0 Å². The van der Waals surface area contributed by atoms with Gasteiger partial charge in [0.2, 0.25) is 0 Å². The van der Waals surface area contributed by atoms with Gasteiger partial charge in [-0.3, -0.25) is 4.98 Å². The standard InChI is InChI=1S/C9H7ClN2/c10-7-3-1-6-12-9(7)8-4-2-5-11-8/h1-6,11H. The zero-order chi connectivity index (χ0) is 8.39. The molecule has 0 spiro atoms. The number of halogens is 1. The quantitative estimate of drug-likeness (QED) is 0.715. The zero-order valence-corrected chi connectivity index (χ0v) is 7.05. The van der Waals surface area contributed by atoms with Gasteiger partial charge in [0.1, 0.15) is 5.69 Å². The molecule has 1 N–H and O–H groups in total. The van der Waals surface area contributed by atoms with Crippen LogP contribution in [0, 0.1) is 0 Å². The molecule has 60 valence electrons. The third-order valence-electron chi connectivity index (χ3n) is 1.61. The number of nitrogens with zero attached hydrogens (tertiary/aromatic N) is 1. The van der Waals surface area contributed by atoms with E-state index >= 15 is 0 Å². The van der Waals surface area contributed by atoms with Crippen LogP contribution < -0.4 is 0 Å². The second kappa shape index (κ2) is 2.99. The number of hydrogen-bond donors (Lipinski definition) is 1. The first-order valence-corrected chi connectivity index (χ1v) is 4.00. The molecule has 0 unspecified atom stereocenters. The molecule has 0 fully saturated rings. The number of hydrogen-bond acceptors (Lipinski definition) is 1. The normalized spacial score (nSPS) is 10.1. The van der Waals surface area contributed by atoms with E-state index in [4.69, 9.17) is 11.6 Å². The highest BCUT2D eigenvalue weighted by atomic mass is 35.5. The summed E-state index contributed by atoms with van der Waals surface area (Å²) in [6.45, 7) is 0. The van der Waals surface area contributed by atoms with Crippen molar-refractivity contribution >= 4 is 11.6 Å². The molecule has 2 rings (SSSR count). The molecule has 0 amide bonds. The van der Waals surface area contributed by atoms with E-state index in [1.165, 1.54) is 0 Å². The van der Waals surface area contributed by atoms with E-state index in [1.54, 1.807) is 6.20 Å². The van der Waals surface area contributed by atoms with Crippen LogP contribution in [-0.2, 0) is 0 Å². The van der Waals surface area contributed by atoms with Gasteiger partial charge in [-0.15, -0.1) is 0 Å². The lowest BCUT2D eigenvalue weighted by atomic mass is 10.3. The Labute approximate surface area is 75.2 Å². The molecule has 0 saturated heterocycles. The molecule has 0 aliphatic rings. The predicted octanol–water partition coefficient (Wildman–Crippen LogP) is 2.73.